The van der Waals surface area contributed by atoms with Crippen molar-refractivity contribution in [2.75, 3.05) is 19.8 Å². The van der Waals surface area contributed by atoms with Gasteiger partial charge in [-0.05, 0) is 30.5 Å². The Morgan fingerprint density at radius 3 is 2.70 bits per heavy atom. The van der Waals surface area contributed by atoms with Crippen LogP contribution >= 0.6 is 0 Å². The van der Waals surface area contributed by atoms with Crippen molar-refractivity contribution in [3.8, 4) is 11.8 Å². The van der Waals surface area contributed by atoms with E-state index in [1.54, 1.807) is 6.07 Å². The summed E-state index contributed by atoms with van der Waals surface area (Å²) >= 11 is 0. The fourth-order valence-corrected chi connectivity index (χ4v) is 2.43. The molecule has 1 aliphatic carbocycles. The van der Waals surface area contributed by atoms with Crippen molar-refractivity contribution in [2.24, 2.45) is 0 Å². The molecule has 3 nitrogen and oxygen atoms in total. The highest BCUT2D eigenvalue weighted by Gasteiger charge is 2.24. The third-order valence-electron chi connectivity index (χ3n) is 3.73. The highest BCUT2D eigenvalue weighted by Crippen LogP contribution is 2.26. The number of hydrogen-bond acceptors (Lipinski definition) is 3. The van der Waals surface area contributed by atoms with E-state index in [-0.39, 0.29) is 19.0 Å². The highest BCUT2D eigenvalue weighted by molar-refractivity contribution is 5.41. The zero-order valence-electron chi connectivity index (χ0n) is 11.5. The summed E-state index contributed by atoms with van der Waals surface area (Å²) in [6, 6.07) is 5.07. The molecule has 1 aromatic rings. The van der Waals surface area contributed by atoms with Gasteiger partial charge in [-0.1, -0.05) is 24.3 Å². The Labute approximate surface area is 119 Å². The van der Waals surface area contributed by atoms with Gasteiger partial charge in [-0.2, -0.15) is 0 Å². The maximum absolute atomic E-state index is 13.3. The average Bonchev–Trinajstić information content (AvgIpc) is 2.37. The number of halogens is 1. The molecule has 1 saturated carbocycles. The SMILES string of the molecule is OCC#Cc1cc(F)ccc1CN(CCO)C1CCC1. The van der Waals surface area contributed by atoms with Gasteiger partial charge in [0.15, 0.2) is 0 Å². The minimum Gasteiger partial charge on any atom is -0.395 e. The third-order valence-corrected chi connectivity index (χ3v) is 3.73. The predicted octanol–water partition coefficient (Wildman–Crippen LogP) is 1.52. The van der Waals surface area contributed by atoms with Crippen LogP contribution in [0.15, 0.2) is 18.2 Å². The molecule has 0 heterocycles. The Kier molecular flexibility index (Phi) is 5.54. The van der Waals surface area contributed by atoms with E-state index in [4.69, 9.17) is 5.11 Å². The standard InChI is InChI=1S/C16H20FNO2/c17-15-7-6-14(13(11-15)3-2-9-19)12-18(8-10-20)16-4-1-5-16/h6-7,11,16,19-20H,1,4-5,8-10,12H2. The molecule has 0 spiro atoms. The number of aliphatic hydroxyl groups excluding tert-OH is 2. The van der Waals surface area contributed by atoms with Crippen LogP contribution in [0.2, 0.25) is 0 Å². The van der Waals surface area contributed by atoms with Gasteiger partial charge in [0.05, 0.1) is 6.61 Å². The summed E-state index contributed by atoms with van der Waals surface area (Å²) in [6.07, 6.45) is 3.53. The third kappa shape index (κ3) is 3.80. The molecule has 0 bridgehead atoms. The molecular formula is C16H20FNO2. The molecule has 2 rings (SSSR count). The first-order chi connectivity index (χ1) is 9.74. The largest absolute Gasteiger partial charge is 0.395 e. The van der Waals surface area contributed by atoms with E-state index in [1.807, 2.05) is 0 Å². The Morgan fingerprint density at radius 2 is 2.10 bits per heavy atom. The molecule has 108 valence electrons. The van der Waals surface area contributed by atoms with Crippen molar-refractivity contribution in [1.29, 1.82) is 0 Å². The molecule has 0 unspecified atom stereocenters. The molecular weight excluding hydrogens is 257 g/mol. The number of hydrogen-bond donors (Lipinski definition) is 2. The zero-order valence-corrected chi connectivity index (χ0v) is 11.5. The molecule has 0 radical (unpaired) electrons. The Hall–Kier alpha value is -1.41. The molecule has 1 aliphatic rings. The Balaban J connectivity index is 2.17. The Bertz CT molecular complexity index is 503. The van der Waals surface area contributed by atoms with Crippen LogP contribution in [0, 0.1) is 17.7 Å². The molecule has 0 saturated heterocycles. The van der Waals surface area contributed by atoms with E-state index in [1.165, 1.54) is 18.6 Å². The van der Waals surface area contributed by atoms with Crippen LogP contribution in [-0.2, 0) is 6.54 Å². The predicted molar refractivity (Wildman–Crippen MR) is 75.5 cm³/mol. The van der Waals surface area contributed by atoms with Gasteiger partial charge in [-0.15, -0.1) is 0 Å². The summed E-state index contributed by atoms with van der Waals surface area (Å²) < 4.78 is 13.3. The molecule has 0 atom stereocenters. The first-order valence-corrected chi connectivity index (χ1v) is 6.97. The van der Waals surface area contributed by atoms with Gasteiger partial charge in [0, 0.05) is 24.7 Å². The topological polar surface area (TPSA) is 43.7 Å². The van der Waals surface area contributed by atoms with Crippen molar-refractivity contribution in [3.05, 3.63) is 35.1 Å². The average molecular weight is 277 g/mol. The summed E-state index contributed by atoms with van der Waals surface area (Å²) in [6.45, 7) is 1.16. The lowest BCUT2D eigenvalue weighted by atomic mass is 9.91. The van der Waals surface area contributed by atoms with Gasteiger partial charge in [-0.25, -0.2) is 4.39 Å². The summed E-state index contributed by atoms with van der Waals surface area (Å²) in [5.41, 5.74) is 1.55. The van der Waals surface area contributed by atoms with Crippen LogP contribution in [0.1, 0.15) is 30.4 Å². The molecule has 1 fully saturated rings. The van der Waals surface area contributed by atoms with Crippen LogP contribution < -0.4 is 0 Å². The summed E-state index contributed by atoms with van der Waals surface area (Å²) in [7, 11) is 0. The van der Waals surface area contributed by atoms with E-state index < -0.39 is 0 Å². The van der Waals surface area contributed by atoms with Gasteiger partial charge < -0.3 is 10.2 Å². The van der Waals surface area contributed by atoms with Crippen LogP contribution in [0.4, 0.5) is 4.39 Å². The van der Waals surface area contributed by atoms with Crippen molar-refractivity contribution in [2.45, 2.75) is 31.8 Å². The summed E-state index contributed by atoms with van der Waals surface area (Å²) in [4.78, 5) is 2.22. The Morgan fingerprint density at radius 1 is 1.30 bits per heavy atom. The lowest BCUT2D eigenvalue weighted by Gasteiger charge is -2.37. The second-order valence-corrected chi connectivity index (χ2v) is 5.04. The maximum atomic E-state index is 13.3. The summed E-state index contributed by atoms with van der Waals surface area (Å²) in [5, 5.41) is 18.0. The minimum absolute atomic E-state index is 0.120. The van der Waals surface area contributed by atoms with Gasteiger partial charge in [0.1, 0.15) is 12.4 Å². The quantitative estimate of drug-likeness (QED) is 0.802. The van der Waals surface area contributed by atoms with Gasteiger partial charge in [0.25, 0.3) is 0 Å². The molecule has 0 aliphatic heterocycles. The van der Waals surface area contributed by atoms with Crippen LogP contribution in [-0.4, -0.2) is 40.9 Å². The van der Waals surface area contributed by atoms with Crippen molar-refractivity contribution >= 4 is 0 Å². The smallest absolute Gasteiger partial charge is 0.124 e. The first-order valence-electron chi connectivity index (χ1n) is 6.97. The normalized spacial score (nSPS) is 14.8. The number of nitrogens with zero attached hydrogens (tertiary/aromatic N) is 1. The molecule has 0 amide bonds. The fraction of sp³-hybridized carbons (Fsp3) is 0.500. The second kappa shape index (κ2) is 7.39. The first kappa shape index (κ1) is 15.0. The lowest BCUT2D eigenvalue weighted by Crippen LogP contribution is -2.41. The second-order valence-electron chi connectivity index (χ2n) is 5.04. The number of rotatable bonds is 5. The fourth-order valence-electron chi connectivity index (χ4n) is 2.43. The molecule has 4 heteroatoms. The van der Waals surface area contributed by atoms with Gasteiger partial charge >= 0.3 is 0 Å². The highest BCUT2D eigenvalue weighted by atomic mass is 19.1. The number of benzene rings is 1. The van der Waals surface area contributed by atoms with E-state index in [9.17, 15) is 9.50 Å². The van der Waals surface area contributed by atoms with Crippen molar-refractivity contribution in [1.82, 2.24) is 4.90 Å². The van der Waals surface area contributed by atoms with E-state index in [0.29, 0.717) is 24.7 Å². The van der Waals surface area contributed by atoms with Crippen molar-refractivity contribution < 1.29 is 14.6 Å². The van der Waals surface area contributed by atoms with Gasteiger partial charge in [-0.3, -0.25) is 4.90 Å². The molecule has 20 heavy (non-hydrogen) atoms. The van der Waals surface area contributed by atoms with Crippen molar-refractivity contribution in [3.63, 3.8) is 0 Å². The van der Waals surface area contributed by atoms with E-state index >= 15 is 0 Å². The van der Waals surface area contributed by atoms with E-state index in [2.05, 4.69) is 16.7 Å². The van der Waals surface area contributed by atoms with Crippen LogP contribution in [0.3, 0.4) is 0 Å². The molecule has 2 N–H and O–H groups in total. The molecule has 0 aromatic heterocycles. The minimum atomic E-state index is -0.326. The number of aliphatic hydroxyl groups is 2. The van der Waals surface area contributed by atoms with E-state index in [0.717, 1.165) is 18.4 Å². The summed E-state index contributed by atoms with van der Waals surface area (Å²) in [5.74, 6) is 5.04. The van der Waals surface area contributed by atoms with Gasteiger partial charge in [0.2, 0.25) is 0 Å². The van der Waals surface area contributed by atoms with Crippen LogP contribution in [0.5, 0.6) is 0 Å². The monoisotopic (exact) mass is 277 g/mol. The maximum Gasteiger partial charge on any atom is 0.124 e. The lowest BCUT2D eigenvalue weighted by molar-refractivity contribution is 0.0944. The zero-order chi connectivity index (χ0) is 14.4. The molecule has 1 aromatic carbocycles. The van der Waals surface area contributed by atoms with Crippen LogP contribution in [0.25, 0.3) is 0 Å².